The maximum absolute atomic E-state index is 11.8. The van der Waals surface area contributed by atoms with Crippen molar-refractivity contribution in [2.75, 3.05) is 0 Å². The first-order valence-corrected chi connectivity index (χ1v) is 3.91. The Labute approximate surface area is 66.7 Å². The summed E-state index contributed by atoms with van der Waals surface area (Å²) in [5.41, 5.74) is 0. The van der Waals surface area contributed by atoms with E-state index in [0.29, 0.717) is 4.88 Å². The number of hydrogen-bond donors (Lipinski definition) is 0. The summed E-state index contributed by atoms with van der Waals surface area (Å²) in [5, 5.41) is 0. The standard InChI is InChI=1S/C7H7F3S/c1-5-2-3-6(11-5)4-7(8,9)10/h2-3H,4H2,1H3. The molecule has 0 saturated carbocycles. The molecule has 11 heavy (non-hydrogen) atoms. The van der Waals surface area contributed by atoms with Crippen molar-refractivity contribution in [3.8, 4) is 0 Å². The topological polar surface area (TPSA) is 0 Å². The Morgan fingerprint density at radius 1 is 1.36 bits per heavy atom. The molecule has 0 nitrogen and oxygen atoms in total. The number of hydrogen-bond acceptors (Lipinski definition) is 1. The maximum Gasteiger partial charge on any atom is 0.393 e. The lowest BCUT2D eigenvalue weighted by Crippen LogP contribution is -2.09. The fourth-order valence-corrected chi connectivity index (χ4v) is 1.70. The highest BCUT2D eigenvalue weighted by molar-refractivity contribution is 7.11. The SMILES string of the molecule is Cc1ccc(CC(F)(F)F)s1. The first kappa shape index (κ1) is 8.59. The van der Waals surface area contributed by atoms with Crippen LogP contribution in [-0.2, 0) is 6.42 Å². The first-order chi connectivity index (χ1) is 4.97. The summed E-state index contributed by atoms with van der Waals surface area (Å²) in [6.45, 7) is 1.80. The van der Waals surface area contributed by atoms with Gasteiger partial charge in [-0.25, -0.2) is 0 Å². The molecule has 1 aromatic rings. The predicted molar refractivity (Wildman–Crippen MR) is 38.8 cm³/mol. The van der Waals surface area contributed by atoms with Gasteiger partial charge in [0.15, 0.2) is 0 Å². The van der Waals surface area contributed by atoms with Gasteiger partial charge in [0.2, 0.25) is 0 Å². The molecular weight excluding hydrogens is 173 g/mol. The summed E-state index contributed by atoms with van der Waals surface area (Å²) in [5.74, 6) is 0. The van der Waals surface area contributed by atoms with E-state index >= 15 is 0 Å². The maximum atomic E-state index is 11.8. The normalized spacial score (nSPS) is 12.0. The van der Waals surface area contributed by atoms with E-state index in [-0.39, 0.29) is 0 Å². The van der Waals surface area contributed by atoms with E-state index in [1.807, 2.05) is 0 Å². The summed E-state index contributed by atoms with van der Waals surface area (Å²) >= 11 is 1.19. The number of halogens is 3. The molecule has 1 rings (SSSR count). The van der Waals surface area contributed by atoms with Crippen LogP contribution in [0, 0.1) is 6.92 Å². The second-order valence-corrected chi connectivity index (χ2v) is 3.68. The minimum atomic E-state index is -4.07. The third-order valence-corrected chi connectivity index (χ3v) is 2.17. The van der Waals surface area contributed by atoms with E-state index in [2.05, 4.69) is 0 Å². The zero-order chi connectivity index (χ0) is 8.48. The molecule has 0 fully saturated rings. The molecule has 0 N–H and O–H groups in total. The Bertz CT molecular complexity index is 236. The third kappa shape index (κ3) is 2.93. The van der Waals surface area contributed by atoms with Crippen molar-refractivity contribution in [3.05, 3.63) is 21.9 Å². The highest BCUT2D eigenvalue weighted by Gasteiger charge is 2.28. The van der Waals surface area contributed by atoms with Gasteiger partial charge in [-0.2, -0.15) is 13.2 Å². The number of thiophene rings is 1. The van der Waals surface area contributed by atoms with Gasteiger partial charge in [-0.3, -0.25) is 0 Å². The molecule has 62 valence electrons. The molecule has 1 heterocycles. The lowest BCUT2D eigenvalue weighted by atomic mass is 10.3. The van der Waals surface area contributed by atoms with Crippen LogP contribution in [-0.4, -0.2) is 6.18 Å². The van der Waals surface area contributed by atoms with Gasteiger partial charge in [-0.15, -0.1) is 11.3 Å². The van der Waals surface area contributed by atoms with Crippen molar-refractivity contribution >= 4 is 11.3 Å². The van der Waals surface area contributed by atoms with E-state index in [1.54, 1.807) is 13.0 Å². The van der Waals surface area contributed by atoms with Crippen molar-refractivity contribution in [2.24, 2.45) is 0 Å². The van der Waals surface area contributed by atoms with Crippen LogP contribution < -0.4 is 0 Å². The lowest BCUT2D eigenvalue weighted by Gasteiger charge is -2.01. The van der Waals surface area contributed by atoms with Crippen molar-refractivity contribution in [2.45, 2.75) is 19.5 Å². The molecule has 0 aromatic carbocycles. The van der Waals surface area contributed by atoms with Crippen LogP contribution in [0.1, 0.15) is 9.75 Å². The van der Waals surface area contributed by atoms with Gasteiger partial charge in [0.1, 0.15) is 0 Å². The zero-order valence-corrected chi connectivity index (χ0v) is 6.72. The summed E-state index contributed by atoms with van der Waals surface area (Å²) in [7, 11) is 0. The fraction of sp³-hybridized carbons (Fsp3) is 0.429. The average Bonchev–Trinajstić information content (AvgIpc) is 2.10. The van der Waals surface area contributed by atoms with Crippen LogP contribution >= 0.6 is 11.3 Å². The van der Waals surface area contributed by atoms with Crippen molar-refractivity contribution in [1.82, 2.24) is 0 Å². The number of rotatable bonds is 1. The Kier molecular flexibility index (Phi) is 2.23. The number of alkyl halides is 3. The predicted octanol–water partition coefficient (Wildman–Crippen LogP) is 3.16. The lowest BCUT2D eigenvalue weighted by molar-refractivity contribution is -0.126. The average molecular weight is 180 g/mol. The quantitative estimate of drug-likeness (QED) is 0.622. The first-order valence-electron chi connectivity index (χ1n) is 3.09. The molecular formula is C7H7F3S. The van der Waals surface area contributed by atoms with E-state index in [0.717, 1.165) is 4.88 Å². The highest BCUT2D eigenvalue weighted by Crippen LogP contribution is 2.25. The molecule has 0 radical (unpaired) electrons. The summed E-state index contributed by atoms with van der Waals surface area (Å²) in [4.78, 5) is 1.30. The second kappa shape index (κ2) is 2.85. The van der Waals surface area contributed by atoms with Crippen LogP contribution in [0.25, 0.3) is 0 Å². The molecule has 4 heteroatoms. The van der Waals surface area contributed by atoms with E-state index in [4.69, 9.17) is 0 Å². The number of aryl methyl sites for hydroxylation is 1. The van der Waals surface area contributed by atoms with E-state index < -0.39 is 12.6 Å². The van der Waals surface area contributed by atoms with Gasteiger partial charge in [0, 0.05) is 9.75 Å². The monoisotopic (exact) mass is 180 g/mol. The smallest absolute Gasteiger partial charge is 0.171 e. The van der Waals surface area contributed by atoms with Crippen LogP contribution in [0.15, 0.2) is 12.1 Å². The van der Waals surface area contributed by atoms with Crippen LogP contribution in [0.3, 0.4) is 0 Å². The summed E-state index contributed by atoms with van der Waals surface area (Å²) in [6.07, 6.45) is -4.87. The Balaban J connectivity index is 2.65. The third-order valence-electron chi connectivity index (χ3n) is 1.17. The zero-order valence-electron chi connectivity index (χ0n) is 5.90. The molecule has 0 spiro atoms. The van der Waals surface area contributed by atoms with E-state index in [1.165, 1.54) is 17.4 Å². The van der Waals surface area contributed by atoms with Crippen molar-refractivity contribution < 1.29 is 13.2 Å². The van der Waals surface area contributed by atoms with Gasteiger partial charge >= 0.3 is 6.18 Å². The van der Waals surface area contributed by atoms with Crippen molar-refractivity contribution in [3.63, 3.8) is 0 Å². The van der Waals surface area contributed by atoms with Gasteiger partial charge in [-0.1, -0.05) is 0 Å². The molecule has 1 aromatic heterocycles. The van der Waals surface area contributed by atoms with Gasteiger partial charge in [0.25, 0.3) is 0 Å². The van der Waals surface area contributed by atoms with E-state index in [9.17, 15) is 13.2 Å². The van der Waals surface area contributed by atoms with Crippen LogP contribution in [0.2, 0.25) is 0 Å². The fourth-order valence-electron chi connectivity index (χ4n) is 0.778. The molecule has 0 aliphatic heterocycles. The molecule has 0 bridgehead atoms. The Hall–Kier alpha value is -0.510. The van der Waals surface area contributed by atoms with Crippen LogP contribution in [0.5, 0.6) is 0 Å². The molecule has 0 saturated heterocycles. The molecule has 0 aliphatic rings. The highest BCUT2D eigenvalue weighted by atomic mass is 32.1. The second-order valence-electron chi connectivity index (χ2n) is 2.30. The summed E-state index contributed by atoms with van der Waals surface area (Å²) in [6, 6.07) is 3.22. The van der Waals surface area contributed by atoms with Crippen molar-refractivity contribution in [1.29, 1.82) is 0 Å². The van der Waals surface area contributed by atoms with Gasteiger partial charge in [0.05, 0.1) is 6.42 Å². The minimum Gasteiger partial charge on any atom is -0.171 e. The molecule has 0 aliphatic carbocycles. The van der Waals surface area contributed by atoms with Gasteiger partial charge in [-0.05, 0) is 19.1 Å². The molecule has 0 unspecified atom stereocenters. The van der Waals surface area contributed by atoms with Crippen LogP contribution in [0.4, 0.5) is 13.2 Å². The van der Waals surface area contributed by atoms with Gasteiger partial charge < -0.3 is 0 Å². The largest absolute Gasteiger partial charge is 0.393 e. The minimum absolute atomic E-state index is 0.384. The molecule has 0 amide bonds. The molecule has 0 atom stereocenters. The Morgan fingerprint density at radius 2 is 2.00 bits per heavy atom. The summed E-state index contributed by atoms with van der Waals surface area (Å²) < 4.78 is 35.3. The Morgan fingerprint density at radius 3 is 2.36 bits per heavy atom.